The van der Waals surface area contributed by atoms with Gasteiger partial charge in [-0.25, -0.2) is 14.8 Å². The third-order valence-electron chi connectivity index (χ3n) is 1.20. The van der Waals surface area contributed by atoms with Gasteiger partial charge in [-0.3, -0.25) is 0 Å². The minimum atomic E-state index is -1.04. The summed E-state index contributed by atoms with van der Waals surface area (Å²) >= 11 is 1.28. The van der Waals surface area contributed by atoms with Gasteiger partial charge in [-0.15, -0.1) is 0 Å². The van der Waals surface area contributed by atoms with Gasteiger partial charge in [-0.1, -0.05) is 11.8 Å². The van der Waals surface area contributed by atoms with Crippen LogP contribution in [0.25, 0.3) is 0 Å². The highest BCUT2D eigenvalue weighted by Gasteiger charge is 2.03. The Morgan fingerprint density at radius 3 is 2.54 bits per heavy atom. The maximum atomic E-state index is 10.4. The second-order valence-electron chi connectivity index (χ2n) is 2.13. The van der Waals surface area contributed by atoms with E-state index in [-0.39, 0.29) is 12.2 Å². The van der Waals surface area contributed by atoms with Gasteiger partial charge in [-0.05, 0) is 0 Å². The minimum Gasteiger partial charge on any atom is -0.478 e. The SMILES string of the molecule is O=C(O)c1cnc(SCCO)nc1. The Bertz CT molecular complexity index is 288. The van der Waals surface area contributed by atoms with Crippen LogP contribution in [0.5, 0.6) is 0 Å². The zero-order valence-corrected chi connectivity index (χ0v) is 7.49. The molecule has 0 radical (unpaired) electrons. The average molecular weight is 200 g/mol. The molecule has 0 amide bonds. The number of aliphatic hydroxyl groups is 1. The topological polar surface area (TPSA) is 83.3 Å². The van der Waals surface area contributed by atoms with E-state index >= 15 is 0 Å². The molecule has 0 unspecified atom stereocenters. The van der Waals surface area contributed by atoms with Gasteiger partial charge in [0.05, 0.1) is 12.2 Å². The zero-order chi connectivity index (χ0) is 9.68. The average Bonchev–Trinajstić information content (AvgIpc) is 2.15. The number of aromatic carboxylic acids is 1. The lowest BCUT2D eigenvalue weighted by Gasteiger charge is -1.97. The summed E-state index contributed by atoms with van der Waals surface area (Å²) in [7, 11) is 0. The van der Waals surface area contributed by atoms with E-state index in [4.69, 9.17) is 10.2 Å². The Kier molecular flexibility index (Phi) is 3.66. The van der Waals surface area contributed by atoms with E-state index in [1.807, 2.05) is 0 Å². The number of nitrogens with zero attached hydrogens (tertiary/aromatic N) is 2. The molecule has 0 aliphatic heterocycles. The molecule has 0 bridgehead atoms. The fourth-order valence-electron chi connectivity index (χ4n) is 0.638. The molecule has 0 fully saturated rings. The fraction of sp³-hybridized carbons (Fsp3) is 0.286. The van der Waals surface area contributed by atoms with Crippen LogP contribution >= 0.6 is 11.8 Å². The molecule has 6 heteroatoms. The first-order valence-electron chi connectivity index (χ1n) is 3.53. The summed E-state index contributed by atoms with van der Waals surface area (Å²) in [6.45, 7) is 0.0503. The first kappa shape index (κ1) is 9.94. The van der Waals surface area contributed by atoms with E-state index in [9.17, 15) is 4.79 Å². The van der Waals surface area contributed by atoms with Gasteiger partial charge in [0, 0.05) is 18.1 Å². The van der Waals surface area contributed by atoms with Crippen LogP contribution in [0.2, 0.25) is 0 Å². The molecule has 0 saturated carbocycles. The van der Waals surface area contributed by atoms with Crippen molar-refractivity contribution < 1.29 is 15.0 Å². The summed E-state index contributed by atoms with van der Waals surface area (Å²) in [5, 5.41) is 17.5. The molecule has 1 rings (SSSR count). The lowest BCUT2D eigenvalue weighted by Crippen LogP contribution is -1.99. The van der Waals surface area contributed by atoms with Crippen molar-refractivity contribution >= 4 is 17.7 Å². The lowest BCUT2D eigenvalue weighted by atomic mass is 10.4. The van der Waals surface area contributed by atoms with Gasteiger partial charge >= 0.3 is 5.97 Å². The van der Waals surface area contributed by atoms with Crippen molar-refractivity contribution in [2.24, 2.45) is 0 Å². The number of hydrogen-bond donors (Lipinski definition) is 2. The van der Waals surface area contributed by atoms with Crippen molar-refractivity contribution in [2.75, 3.05) is 12.4 Å². The number of aliphatic hydroxyl groups excluding tert-OH is 1. The van der Waals surface area contributed by atoms with Crippen LogP contribution in [0.1, 0.15) is 10.4 Å². The van der Waals surface area contributed by atoms with E-state index in [1.54, 1.807) is 0 Å². The molecule has 1 aromatic heterocycles. The first-order chi connectivity index (χ1) is 6.24. The highest BCUT2D eigenvalue weighted by atomic mass is 32.2. The van der Waals surface area contributed by atoms with Crippen molar-refractivity contribution in [2.45, 2.75) is 5.16 Å². The van der Waals surface area contributed by atoms with Gasteiger partial charge in [0.1, 0.15) is 0 Å². The Hall–Kier alpha value is -1.14. The molecule has 1 heterocycles. The van der Waals surface area contributed by atoms with Crippen molar-refractivity contribution in [3.63, 3.8) is 0 Å². The van der Waals surface area contributed by atoms with Gasteiger partial charge < -0.3 is 10.2 Å². The van der Waals surface area contributed by atoms with Crippen molar-refractivity contribution in [1.29, 1.82) is 0 Å². The molecule has 0 aromatic carbocycles. The third kappa shape index (κ3) is 3.00. The Morgan fingerprint density at radius 1 is 1.46 bits per heavy atom. The minimum absolute atomic E-state index is 0.0503. The first-order valence-corrected chi connectivity index (χ1v) is 4.51. The number of carboxylic acids is 1. The number of carbonyl (C=O) groups is 1. The van der Waals surface area contributed by atoms with E-state index < -0.39 is 5.97 Å². The molecule has 0 atom stereocenters. The van der Waals surface area contributed by atoms with Crippen LogP contribution in [-0.4, -0.2) is 38.5 Å². The Morgan fingerprint density at radius 2 is 2.08 bits per heavy atom. The molecule has 1 aromatic rings. The normalized spacial score (nSPS) is 9.92. The predicted molar refractivity (Wildman–Crippen MR) is 46.8 cm³/mol. The molecular weight excluding hydrogens is 192 g/mol. The third-order valence-corrected chi connectivity index (χ3v) is 2.05. The monoisotopic (exact) mass is 200 g/mol. The Labute approximate surface area is 78.8 Å². The molecule has 70 valence electrons. The highest BCUT2D eigenvalue weighted by molar-refractivity contribution is 7.99. The summed E-state index contributed by atoms with van der Waals surface area (Å²) in [6.07, 6.45) is 2.49. The smallest absolute Gasteiger partial charge is 0.338 e. The van der Waals surface area contributed by atoms with Gasteiger partial charge in [0.25, 0.3) is 0 Å². The van der Waals surface area contributed by atoms with Crippen molar-refractivity contribution in [3.05, 3.63) is 18.0 Å². The molecule has 0 aliphatic rings. The Balaban J connectivity index is 2.64. The van der Waals surface area contributed by atoms with Crippen LogP contribution in [-0.2, 0) is 0 Å². The number of thioether (sulfide) groups is 1. The number of rotatable bonds is 4. The van der Waals surface area contributed by atoms with E-state index in [1.165, 1.54) is 24.2 Å². The van der Waals surface area contributed by atoms with Gasteiger partial charge in [-0.2, -0.15) is 0 Å². The zero-order valence-electron chi connectivity index (χ0n) is 6.67. The molecule has 5 nitrogen and oxygen atoms in total. The second kappa shape index (κ2) is 4.78. The lowest BCUT2D eigenvalue weighted by molar-refractivity contribution is 0.0695. The predicted octanol–water partition coefficient (Wildman–Crippen LogP) is 0.259. The molecule has 0 aliphatic carbocycles. The maximum Gasteiger partial charge on any atom is 0.338 e. The highest BCUT2D eigenvalue weighted by Crippen LogP contribution is 2.10. The van der Waals surface area contributed by atoms with Crippen LogP contribution in [0.3, 0.4) is 0 Å². The van der Waals surface area contributed by atoms with E-state index in [0.717, 1.165) is 0 Å². The standard InChI is InChI=1S/C7H8N2O3S/c10-1-2-13-7-8-3-5(4-9-7)6(11)12/h3-4,10H,1-2H2,(H,11,12). The number of hydrogen-bond acceptors (Lipinski definition) is 5. The molecule has 0 saturated heterocycles. The van der Waals surface area contributed by atoms with Gasteiger partial charge in [0.15, 0.2) is 5.16 Å². The number of carboxylic acid groups (broad SMARTS) is 1. The largest absolute Gasteiger partial charge is 0.478 e. The van der Waals surface area contributed by atoms with Gasteiger partial charge in [0.2, 0.25) is 0 Å². The van der Waals surface area contributed by atoms with E-state index in [0.29, 0.717) is 10.9 Å². The molecule has 0 spiro atoms. The van der Waals surface area contributed by atoms with Crippen molar-refractivity contribution in [1.82, 2.24) is 9.97 Å². The van der Waals surface area contributed by atoms with Crippen LogP contribution in [0, 0.1) is 0 Å². The van der Waals surface area contributed by atoms with Crippen LogP contribution in [0.15, 0.2) is 17.6 Å². The molecule has 13 heavy (non-hydrogen) atoms. The molecular formula is C7H8N2O3S. The summed E-state index contributed by atoms with van der Waals surface area (Å²) in [4.78, 5) is 18.0. The second-order valence-corrected chi connectivity index (χ2v) is 3.19. The summed E-state index contributed by atoms with van der Waals surface area (Å²) in [6, 6.07) is 0. The van der Waals surface area contributed by atoms with Crippen LogP contribution in [0.4, 0.5) is 0 Å². The quantitative estimate of drug-likeness (QED) is 0.535. The van der Waals surface area contributed by atoms with Crippen molar-refractivity contribution in [3.8, 4) is 0 Å². The molecule has 2 N–H and O–H groups in total. The number of aromatic nitrogens is 2. The maximum absolute atomic E-state index is 10.4. The van der Waals surface area contributed by atoms with Crippen LogP contribution < -0.4 is 0 Å². The van der Waals surface area contributed by atoms with E-state index in [2.05, 4.69) is 9.97 Å². The summed E-state index contributed by atoms with van der Waals surface area (Å²) in [5.74, 6) is -0.536. The summed E-state index contributed by atoms with van der Waals surface area (Å²) in [5.41, 5.74) is 0.0633. The summed E-state index contributed by atoms with van der Waals surface area (Å²) < 4.78 is 0. The fourth-order valence-corrected chi connectivity index (χ4v) is 1.17.